The van der Waals surface area contributed by atoms with Gasteiger partial charge in [-0.2, -0.15) is 5.10 Å². The molecule has 0 saturated carbocycles. The van der Waals surface area contributed by atoms with Crippen molar-refractivity contribution in [3.05, 3.63) is 40.3 Å². The number of piperidine rings is 1. The Balaban J connectivity index is 1.56. The zero-order valence-corrected chi connectivity index (χ0v) is 16.1. The van der Waals surface area contributed by atoms with Crippen molar-refractivity contribution < 1.29 is 4.79 Å². The van der Waals surface area contributed by atoms with Crippen LogP contribution in [0.1, 0.15) is 37.8 Å². The molecule has 27 heavy (non-hydrogen) atoms. The molecule has 0 N–H and O–H groups in total. The monoisotopic (exact) mass is 368 g/mol. The van der Waals surface area contributed by atoms with E-state index in [0.717, 1.165) is 44.4 Å². The second-order valence-electron chi connectivity index (χ2n) is 7.84. The van der Waals surface area contributed by atoms with E-state index in [1.165, 1.54) is 23.9 Å². The van der Waals surface area contributed by atoms with Crippen LogP contribution in [-0.4, -0.2) is 57.7 Å². The molecule has 2 saturated heterocycles. The fraction of sp³-hybridized carbons (Fsp3) is 0.571. The second kappa shape index (κ2) is 7.80. The Morgan fingerprint density at radius 1 is 1.07 bits per heavy atom. The van der Waals surface area contributed by atoms with E-state index in [1.807, 2.05) is 24.3 Å². The predicted molar refractivity (Wildman–Crippen MR) is 106 cm³/mol. The molecule has 0 spiro atoms. The van der Waals surface area contributed by atoms with Crippen LogP contribution in [0.5, 0.6) is 0 Å². The van der Waals surface area contributed by atoms with Crippen molar-refractivity contribution in [3.8, 4) is 0 Å². The number of nitrogens with zero attached hydrogens (tertiary/aromatic N) is 4. The number of aromatic nitrogens is 2. The molecule has 2 aliphatic rings. The van der Waals surface area contributed by atoms with Crippen LogP contribution >= 0.6 is 0 Å². The van der Waals surface area contributed by atoms with Crippen molar-refractivity contribution in [2.75, 3.05) is 26.2 Å². The fourth-order valence-electron chi connectivity index (χ4n) is 4.53. The van der Waals surface area contributed by atoms with Crippen LogP contribution in [0.2, 0.25) is 0 Å². The van der Waals surface area contributed by atoms with Gasteiger partial charge in [0.05, 0.1) is 17.5 Å². The molecule has 1 aromatic heterocycles. The van der Waals surface area contributed by atoms with Crippen molar-refractivity contribution in [1.29, 1.82) is 0 Å². The average molecular weight is 368 g/mol. The highest BCUT2D eigenvalue weighted by Crippen LogP contribution is 2.22. The van der Waals surface area contributed by atoms with Crippen molar-refractivity contribution in [2.24, 2.45) is 7.05 Å². The molecule has 1 aromatic carbocycles. The topological polar surface area (TPSA) is 58.4 Å². The summed E-state index contributed by atoms with van der Waals surface area (Å²) in [6.45, 7) is 4.14. The van der Waals surface area contributed by atoms with E-state index in [4.69, 9.17) is 0 Å². The zero-order chi connectivity index (χ0) is 18.8. The van der Waals surface area contributed by atoms with Gasteiger partial charge in [-0.05, 0) is 51.3 Å². The SMILES string of the molecule is Cn1nc(CC(=O)N2CCCCC2CN2CCCC2)c2ccccc2c1=O. The van der Waals surface area contributed by atoms with Gasteiger partial charge in [-0.15, -0.1) is 0 Å². The molecule has 3 heterocycles. The number of amides is 1. The lowest BCUT2D eigenvalue weighted by molar-refractivity contribution is -0.134. The van der Waals surface area contributed by atoms with Crippen LogP contribution in [-0.2, 0) is 18.3 Å². The molecule has 2 fully saturated rings. The van der Waals surface area contributed by atoms with Gasteiger partial charge in [0, 0.05) is 31.6 Å². The van der Waals surface area contributed by atoms with Gasteiger partial charge in [0.15, 0.2) is 0 Å². The summed E-state index contributed by atoms with van der Waals surface area (Å²) in [6.07, 6.45) is 6.16. The third-order valence-electron chi connectivity index (χ3n) is 5.97. The van der Waals surface area contributed by atoms with Crippen molar-refractivity contribution in [2.45, 2.75) is 44.6 Å². The number of hydrogen-bond acceptors (Lipinski definition) is 4. The number of aryl methyl sites for hydroxylation is 1. The first-order valence-corrected chi connectivity index (χ1v) is 10.1. The zero-order valence-electron chi connectivity index (χ0n) is 16.1. The highest BCUT2D eigenvalue weighted by Gasteiger charge is 2.29. The van der Waals surface area contributed by atoms with Crippen LogP contribution in [0.25, 0.3) is 10.8 Å². The summed E-state index contributed by atoms with van der Waals surface area (Å²) >= 11 is 0. The van der Waals surface area contributed by atoms with Crippen molar-refractivity contribution in [3.63, 3.8) is 0 Å². The van der Waals surface area contributed by atoms with E-state index >= 15 is 0 Å². The smallest absolute Gasteiger partial charge is 0.274 e. The summed E-state index contributed by atoms with van der Waals surface area (Å²) in [5, 5.41) is 5.83. The Bertz CT molecular complexity index is 885. The second-order valence-corrected chi connectivity index (χ2v) is 7.84. The molecule has 1 amide bonds. The van der Waals surface area contributed by atoms with E-state index in [-0.39, 0.29) is 17.9 Å². The molecule has 144 valence electrons. The number of rotatable bonds is 4. The lowest BCUT2D eigenvalue weighted by Crippen LogP contribution is -2.49. The van der Waals surface area contributed by atoms with Gasteiger partial charge < -0.3 is 9.80 Å². The molecular formula is C21H28N4O2. The molecule has 4 rings (SSSR count). The Kier molecular flexibility index (Phi) is 5.25. The maximum Gasteiger partial charge on any atom is 0.274 e. The highest BCUT2D eigenvalue weighted by atomic mass is 16.2. The lowest BCUT2D eigenvalue weighted by atomic mass is 10.00. The minimum absolute atomic E-state index is 0.119. The number of benzene rings is 1. The highest BCUT2D eigenvalue weighted by molar-refractivity contribution is 5.88. The van der Waals surface area contributed by atoms with Gasteiger partial charge in [-0.1, -0.05) is 18.2 Å². The summed E-state index contributed by atoms with van der Waals surface area (Å²) in [6, 6.07) is 7.76. The Morgan fingerprint density at radius 3 is 2.56 bits per heavy atom. The van der Waals surface area contributed by atoms with Crippen molar-refractivity contribution in [1.82, 2.24) is 19.6 Å². The molecule has 2 aliphatic heterocycles. The lowest BCUT2D eigenvalue weighted by Gasteiger charge is -2.38. The van der Waals surface area contributed by atoms with Gasteiger partial charge in [0.1, 0.15) is 0 Å². The van der Waals surface area contributed by atoms with E-state index in [9.17, 15) is 9.59 Å². The Morgan fingerprint density at radius 2 is 1.78 bits per heavy atom. The first kappa shape index (κ1) is 18.2. The Labute approximate surface area is 159 Å². The van der Waals surface area contributed by atoms with Crippen LogP contribution in [0.4, 0.5) is 0 Å². The standard InChI is InChI=1S/C21H28N4O2/c1-23-21(27)18-10-3-2-9-17(18)19(22-23)14-20(26)25-13-5-4-8-16(25)15-24-11-6-7-12-24/h2-3,9-10,16H,4-8,11-15H2,1H3. The molecule has 0 bridgehead atoms. The molecule has 0 radical (unpaired) electrons. The normalized spacial score (nSPS) is 21.1. The third-order valence-corrected chi connectivity index (χ3v) is 5.97. The number of hydrogen-bond donors (Lipinski definition) is 0. The fourth-order valence-corrected chi connectivity index (χ4v) is 4.53. The average Bonchev–Trinajstić information content (AvgIpc) is 3.19. The minimum Gasteiger partial charge on any atom is -0.338 e. The van der Waals surface area contributed by atoms with E-state index in [1.54, 1.807) is 7.05 Å². The molecule has 1 atom stereocenters. The van der Waals surface area contributed by atoms with Gasteiger partial charge in [0.2, 0.25) is 5.91 Å². The summed E-state index contributed by atoms with van der Waals surface area (Å²) in [7, 11) is 1.65. The van der Waals surface area contributed by atoms with Gasteiger partial charge in [0.25, 0.3) is 5.56 Å². The van der Waals surface area contributed by atoms with Crippen LogP contribution < -0.4 is 5.56 Å². The number of fused-ring (bicyclic) bond motifs is 1. The Hall–Kier alpha value is -2.21. The molecule has 0 aliphatic carbocycles. The number of carbonyl (C=O) groups excluding carboxylic acids is 1. The quantitative estimate of drug-likeness (QED) is 0.828. The van der Waals surface area contributed by atoms with Crippen molar-refractivity contribution >= 4 is 16.7 Å². The summed E-state index contributed by atoms with van der Waals surface area (Å²) in [5.74, 6) is 0.134. The van der Waals surface area contributed by atoms with Crippen LogP contribution in [0.15, 0.2) is 29.1 Å². The van der Waals surface area contributed by atoms with E-state index < -0.39 is 0 Å². The molecule has 1 unspecified atom stereocenters. The largest absolute Gasteiger partial charge is 0.338 e. The van der Waals surface area contributed by atoms with Gasteiger partial charge >= 0.3 is 0 Å². The van der Waals surface area contributed by atoms with Crippen LogP contribution in [0.3, 0.4) is 0 Å². The first-order chi connectivity index (χ1) is 13.1. The van der Waals surface area contributed by atoms with E-state index in [0.29, 0.717) is 17.1 Å². The first-order valence-electron chi connectivity index (χ1n) is 10.1. The summed E-state index contributed by atoms with van der Waals surface area (Å²) in [4.78, 5) is 30.1. The van der Waals surface area contributed by atoms with Gasteiger partial charge in [-0.3, -0.25) is 9.59 Å². The summed E-state index contributed by atoms with van der Waals surface area (Å²) < 4.78 is 1.35. The summed E-state index contributed by atoms with van der Waals surface area (Å²) in [5.41, 5.74) is 0.579. The maximum absolute atomic E-state index is 13.2. The van der Waals surface area contributed by atoms with Gasteiger partial charge in [-0.25, -0.2) is 4.68 Å². The van der Waals surface area contributed by atoms with Crippen LogP contribution in [0, 0.1) is 0 Å². The molecule has 2 aromatic rings. The van der Waals surface area contributed by atoms with E-state index in [2.05, 4.69) is 14.9 Å². The maximum atomic E-state index is 13.2. The third kappa shape index (κ3) is 3.76. The molecule has 6 heteroatoms. The molecule has 6 nitrogen and oxygen atoms in total. The molecular weight excluding hydrogens is 340 g/mol. The number of carbonyl (C=O) groups is 1. The predicted octanol–water partition coefficient (Wildman–Crippen LogP) is 1.95. The minimum atomic E-state index is -0.119. The number of likely N-dealkylation sites (tertiary alicyclic amines) is 2.